The second kappa shape index (κ2) is 7.00. The van der Waals surface area contributed by atoms with Crippen molar-refractivity contribution in [2.75, 3.05) is 5.75 Å². The first-order valence-corrected chi connectivity index (χ1v) is 6.60. The van der Waals surface area contributed by atoms with Gasteiger partial charge in [-0.05, 0) is 18.0 Å². The Bertz CT molecular complexity index is 235. The van der Waals surface area contributed by atoms with Gasteiger partial charge in [-0.1, -0.05) is 56.2 Å². The fourth-order valence-corrected chi connectivity index (χ4v) is 2.42. The number of rotatable bonds is 6. The van der Waals surface area contributed by atoms with E-state index >= 15 is 0 Å². The molecule has 1 unspecified atom stereocenters. The summed E-state index contributed by atoms with van der Waals surface area (Å²) in [4.78, 5) is 0. The standard InChI is InChI=1S/C12H19BS/c1-3-11(2)10-14-13-9-12-7-5-4-6-8-12/h4-8,11,13H,3,9-10H2,1-2H3. The molecule has 2 heteroatoms. The summed E-state index contributed by atoms with van der Waals surface area (Å²) in [6.07, 6.45) is 2.51. The lowest BCUT2D eigenvalue weighted by Gasteiger charge is -2.06. The fraction of sp³-hybridized carbons (Fsp3) is 0.500. The molecule has 14 heavy (non-hydrogen) atoms. The normalized spacial score (nSPS) is 12.4. The van der Waals surface area contributed by atoms with Gasteiger partial charge in [-0.15, -0.1) is 0 Å². The molecule has 0 saturated heterocycles. The zero-order valence-corrected chi connectivity index (χ0v) is 10.0. The Labute approximate surface area is 92.6 Å². The van der Waals surface area contributed by atoms with Gasteiger partial charge < -0.3 is 0 Å². The van der Waals surface area contributed by atoms with Gasteiger partial charge in [0, 0.05) is 0 Å². The van der Waals surface area contributed by atoms with E-state index in [0.717, 1.165) is 5.92 Å². The van der Waals surface area contributed by atoms with E-state index in [9.17, 15) is 0 Å². The van der Waals surface area contributed by atoms with Crippen molar-refractivity contribution in [1.82, 2.24) is 0 Å². The van der Waals surface area contributed by atoms with E-state index in [-0.39, 0.29) is 0 Å². The second-order valence-electron chi connectivity index (χ2n) is 3.82. The third kappa shape index (κ3) is 4.76. The van der Waals surface area contributed by atoms with E-state index in [1.807, 2.05) is 0 Å². The van der Waals surface area contributed by atoms with Crippen LogP contribution in [0, 0.1) is 5.92 Å². The first-order chi connectivity index (χ1) is 6.83. The summed E-state index contributed by atoms with van der Waals surface area (Å²) in [5, 5.41) is 0. The van der Waals surface area contributed by atoms with Gasteiger partial charge in [-0.25, -0.2) is 11.6 Å². The van der Waals surface area contributed by atoms with E-state index in [2.05, 4.69) is 55.8 Å². The van der Waals surface area contributed by atoms with Crippen LogP contribution in [-0.4, -0.2) is 12.3 Å². The minimum absolute atomic E-state index is 0.871. The van der Waals surface area contributed by atoms with Crippen LogP contribution >= 0.6 is 11.6 Å². The predicted octanol–water partition coefficient (Wildman–Crippen LogP) is 3.32. The van der Waals surface area contributed by atoms with Crippen molar-refractivity contribution in [3.8, 4) is 0 Å². The highest BCUT2D eigenvalue weighted by atomic mass is 32.2. The van der Waals surface area contributed by atoms with Crippen molar-refractivity contribution in [2.45, 2.75) is 26.6 Å². The highest BCUT2D eigenvalue weighted by Crippen LogP contribution is 2.11. The maximum absolute atomic E-state index is 2.33. The lowest BCUT2D eigenvalue weighted by molar-refractivity contribution is 0.638. The van der Waals surface area contributed by atoms with E-state index in [1.165, 1.54) is 30.6 Å². The molecule has 0 N–H and O–H groups in total. The monoisotopic (exact) mass is 206 g/mol. The molecule has 1 aromatic carbocycles. The van der Waals surface area contributed by atoms with E-state index in [1.54, 1.807) is 0 Å². The molecular formula is C12H19BS. The number of hydrogen-bond donors (Lipinski definition) is 0. The van der Waals surface area contributed by atoms with E-state index in [0.29, 0.717) is 0 Å². The summed E-state index contributed by atoms with van der Waals surface area (Å²) >= 11 is 2.08. The molecule has 0 bridgehead atoms. The predicted molar refractivity (Wildman–Crippen MR) is 69.2 cm³/mol. The topological polar surface area (TPSA) is 0 Å². The Hall–Kier alpha value is -0.365. The van der Waals surface area contributed by atoms with Gasteiger partial charge in [0.2, 0.25) is 0 Å². The fourth-order valence-electron chi connectivity index (χ4n) is 1.24. The molecule has 0 aliphatic rings. The van der Waals surface area contributed by atoms with Crippen LogP contribution in [0.15, 0.2) is 30.3 Å². The summed E-state index contributed by atoms with van der Waals surface area (Å²) in [6, 6.07) is 10.7. The van der Waals surface area contributed by atoms with Crippen LogP contribution in [0.3, 0.4) is 0 Å². The van der Waals surface area contributed by atoms with Crippen molar-refractivity contribution < 1.29 is 0 Å². The molecule has 76 valence electrons. The minimum Gasteiger partial charge on any atom is -0.214 e. The third-order valence-electron chi connectivity index (χ3n) is 2.48. The maximum atomic E-state index is 2.33. The third-order valence-corrected chi connectivity index (χ3v) is 3.77. The Morgan fingerprint density at radius 2 is 2.00 bits per heavy atom. The zero-order valence-electron chi connectivity index (χ0n) is 9.20. The molecule has 0 aliphatic heterocycles. The summed E-state index contributed by atoms with van der Waals surface area (Å²) < 4.78 is 0. The molecule has 0 aromatic heterocycles. The van der Waals surface area contributed by atoms with Gasteiger partial charge in [0.1, 0.15) is 0 Å². The van der Waals surface area contributed by atoms with E-state index in [4.69, 9.17) is 0 Å². The first-order valence-electron chi connectivity index (χ1n) is 5.44. The largest absolute Gasteiger partial charge is 0.214 e. The number of benzene rings is 1. The quantitative estimate of drug-likeness (QED) is 0.508. The lowest BCUT2D eigenvalue weighted by atomic mass is 9.95. The molecule has 0 saturated carbocycles. The summed E-state index contributed by atoms with van der Waals surface area (Å²) in [7, 11) is 0. The maximum Gasteiger partial charge on any atom is 0.196 e. The Kier molecular flexibility index (Phi) is 5.85. The van der Waals surface area contributed by atoms with Crippen LogP contribution in [0.2, 0.25) is 0 Å². The molecule has 0 fully saturated rings. The summed E-state index contributed by atoms with van der Waals surface area (Å²) in [5.74, 6) is 2.18. The van der Waals surface area contributed by atoms with Gasteiger partial charge in [-0.2, -0.15) is 0 Å². The molecule has 0 aliphatic carbocycles. The molecule has 1 atom stereocenters. The van der Waals surface area contributed by atoms with Crippen molar-refractivity contribution in [3.05, 3.63) is 35.9 Å². The van der Waals surface area contributed by atoms with Gasteiger partial charge in [0.25, 0.3) is 0 Å². The second-order valence-corrected chi connectivity index (χ2v) is 4.97. The zero-order chi connectivity index (χ0) is 10.2. The molecule has 0 nitrogen and oxygen atoms in total. The van der Waals surface area contributed by atoms with Crippen molar-refractivity contribution in [3.63, 3.8) is 0 Å². The van der Waals surface area contributed by atoms with Crippen LogP contribution in [0.1, 0.15) is 25.8 Å². The smallest absolute Gasteiger partial charge is 0.196 e. The minimum atomic E-state index is 0.871. The Morgan fingerprint density at radius 1 is 1.29 bits per heavy atom. The van der Waals surface area contributed by atoms with Crippen LogP contribution in [0.4, 0.5) is 0 Å². The van der Waals surface area contributed by atoms with Crippen molar-refractivity contribution in [2.24, 2.45) is 5.92 Å². The van der Waals surface area contributed by atoms with Gasteiger partial charge in [-0.3, -0.25) is 0 Å². The SMILES string of the molecule is CCC(C)CSBCc1ccccc1. The van der Waals surface area contributed by atoms with Crippen LogP contribution in [0.25, 0.3) is 0 Å². The summed E-state index contributed by atoms with van der Waals surface area (Å²) in [6.45, 7) is 5.85. The van der Waals surface area contributed by atoms with Crippen molar-refractivity contribution >= 4 is 18.2 Å². The number of hydrogen-bond acceptors (Lipinski definition) is 1. The summed E-state index contributed by atoms with van der Waals surface area (Å²) in [5.41, 5.74) is 1.46. The van der Waals surface area contributed by atoms with Crippen molar-refractivity contribution in [1.29, 1.82) is 0 Å². The molecule has 0 radical (unpaired) electrons. The molecule has 0 spiro atoms. The van der Waals surface area contributed by atoms with Crippen LogP contribution in [0.5, 0.6) is 0 Å². The molecule has 0 amide bonds. The molecular weight excluding hydrogens is 187 g/mol. The lowest BCUT2D eigenvalue weighted by Crippen LogP contribution is -2.00. The molecule has 1 aromatic rings. The van der Waals surface area contributed by atoms with Gasteiger partial charge in [0.15, 0.2) is 6.56 Å². The Morgan fingerprint density at radius 3 is 2.64 bits per heavy atom. The van der Waals surface area contributed by atoms with Gasteiger partial charge in [0.05, 0.1) is 0 Å². The highest BCUT2D eigenvalue weighted by molar-refractivity contribution is 8.22. The highest BCUT2D eigenvalue weighted by Gasteiger charge is 1.99. The average Bonchev–Trinajstić information content (AvgIpc) is 2.25. The Balaban J connectivity index is 2.10. The molecule has 1 rings (SSSR count). The molecule has 0 heterocycles. The average molecular weight is 206 g/mol. The van der Waals surface area contributed by atoms with Crippen LogP contribution in [-0.2, 0) is 6.32 Å². The first kappa shape index (κ1) is 11.7. The van der Waals surface area contributed by atoms with E-state index < -0.39 is 0 Å². The van der Waals surface area contributed by atoms with Gasteiger partial charge >= 0.3 is 0 Å². The van der Waals surface area contributed by atoms with Crippen LogP contribution < -0.4 is 0 Å².